The van der Waals surface area contributed by atoms with Gasteiger partial charge in [-0.05, 0) is 33.6 Å². The maximum atomic E-state index is 10.9. The Balaban J connectivity index is 0. The van der Waals surface area contributed by atoms with E-state index in [-0.39, 0.29) is 17.5 Å². The van der Waals surface area contributed by atoms with Crippen molar-refractivity contribution in [3.8, 4) is 6.07 Å². The van der Waals surface area contributed by atoms with Crippen molar-refractivity contribution in [2.45, 2.75) is 70.8 Å². The molecule has 0 aromatic heterocycles. The molecule has 130 valence electrons. The van der Waals surface area contributed by atoms with Gasteiger partial charge in [-0.25, -0.2) is 0 Å². The maximum absolute atomic E-state index is 10.9. The lowest BCUT2D eigenvalue weighted by atomic mass is 10.1. The van der Waals surface area contributed by atoms with E-state index < -0.39 is 0 Å². The van der Waals surface area contributed by atoms with Crippen LogP contribution < -0.4 is 0 Å². The fraction of sp³-hybridized carbons (Fsp3) is 0.875. The molecule has 6 heteroatoms. The van der Waals surface area contributed by atoms with E-state index in [0.717, 1.165) is 45.3 Å². The van der Waals surface area contributed by atoms with Gasteiger partial charge < -0.3 is 14.2 Å². The van der Waals surface area contributed by atoms with E-state index in [0.29, 0.717) is 6.42 Å². The van der Waals surface area contributed by atoms with E-state index in [1.807, 2.05) is 20.8 Å². The summed E-state index contributed by atoms with van der Waals surface area (Å²) < 4.78 is 14.7. The van der Waals surface area contributed by atoms with Crippen LogP contribution in [-0.2, 0) is 19.0 Å². The number of nitrogens with zero attached hydrogens (tertiary/aromatic N) is 1. The molecule has 0 N–H and O–H groups in total. The third-order valence-corrected chi connectivity index (χ3v) is 3.26. The van der Waals surface area contributed by atoms with Crippen molar-refractivity contribution in [1.29, 1.82) is 5.26 Å². The van der Waals surface area contributed by atoms with Crippen LogP contribution in [0.5, 0.6) is 0 Å². The molecule has 0 rings (SSSR count). The molecule has 5 nitrogen and oxygen atoms in total. The van der Waals surface area contributed by atoms with Gasteiger partial charge in [-0.15, -0.1) is 0 Å². The fourth-order valence-corrected chi connectivity index (χ4v) is 1.95. The molecule has 0 aromatic rings. The Bertz CT molecular complexity index is 288. The van der Waals surface area contributed by atoms with E-state index in [4.69, 9.17) is 14.7 Å². The van der Waals surface area contributed by atoms with Crippen LogP contribution >= 0.6 is 12.6 Å². The molecule has 0 heterocycles. The van der Waals surface area contributed by atoms with Crippen molar-refractivity contribution in [2.75, 3.05) is 20.3 Å². The van der Waals surface area contributed by atoms with Crippen molar-refractivity contribution < 1.29 is 19.0 Å². The molecule has 0 bridgehead atoms. The summed E-state index contributed by atoms with van der Waals surface area (Å²) in [5.74, 6) is -0.259. The van der Waals surface area contributed by atoms with Crippen LogP contribution in [0.25, 0.3) is 0 Å². The number of hydrogen-bond donors (Lipinski definition) is 1. The van der Waals surface area contributed by atoms with Gasteiger partial charge in [0.05, 0.1) is 18.4 Å². The van der Waals surface area contributed by atoms with Crippen molar-refractivity contribution >= 4 is 18.6 Å². The zero-order valence-corrected chi connectivity index (χ0v) is 15.2. The summed E-state index contributed by atoms with van der Waals surface area (Å²) in [6, 6.07) is 2.11. The monoisotopic (exact) mass is 333 g/mol. The lowest BCUT2D eigenvalue weighted by Crippen LogP contribution is -2.15. The second-order valence-corrected chi connectivity index (χ2v) is 5.25. The van der Waals surface area contributed by atoms with Crippen molar-refractivity contribution in [1.82, 2.24) is 0 Å². The average molecular weight is 333 g/mol. The number of carbonyl (C=O) groups is 1. The van der Waals surface area contributed by atoms with Gasteiger partial charge in [-0.1, -0.05) is 19.3 Å². The molecule has 0 spiro atoms. The Morgan fingerprint density at radius 1 is 1.14 bits per heavy atom. The van der Waals surface area contributed by atoms with Crippen molar-refractivity contribution in [3.63, 3.8) is 0 Å². The van der Waals surface area contributed by atoms with Gasteiger partial charge in [0.1, 0.15) is 0 Å². The molecule has 1 unspecified atom stereocenters. The first-order valence-corrected chi connectivity index (χ1v) is 8.41. The fourth-order valence-electron chi connectivity index (χ4n) is 1.67. The largest absolute Gasteiger partial charge is 0.468 e. The molecule has 0 aliphatic heterocycles. The predicted octanol–water partition coefficient (Wildman–Crippen LogP) is 3.73. The number of nitriles is 1. The number of unbranched alkanes of at least 4 members (excludes halogenated alkanes) is 4. The Morgan fingerprint density at radius 2 is 1.68 bits per heavy atom. The summed E-state index contributed by atoms with van der Waals surface area (Å²) in [7, 11) is 1.37. The molecule has 1 atom stereocenters. The van der Waals surface area contributed by atoms with Gasteiger partial charge in [-0.3, -0.25) is 4.79 Å². The smallest absolute Gasteiger partial charge is 0.318 e. The summed E-state index contributed by atoms with van der Waals surface area (Å²) in [6.07, 6.45) is 5.36. The number of ether oxygens (including phenoxy) is 3. The zero-order chi connectivity index (χ0) is 17.2. The lowest BCUT2D eigenvalue weighted by Gasteiger charge is -2.09. The number of carbonyl (C=O) groups excluding carboxylic acids is 1. The van der Waals surface area contributed by atoms with Gasteiger partial charge in [0, 0.05) is 19.6 Å². The molecular weight excluding hydrogens is 302 g/mol. The Morgan fingerprint density at radius 3 is 2.14 bits per heavy atom. The minimum atomic E-state index is -0.295. The molecule has 0 aliphatic rings. The zero-order valence-electron chi connectivity index (χ0n) is 14.3. The number of methoxy groups -OCH3 is 1. The summed E-state index contributed by atoms with van der Waals surface area (Å²) in [5.41, 5.74) is 0. The minimum Gasteiger partial charge on any atom is -0.468 e. The first kappa shape index (κ1) is 23.5. The highest BCUT2D eigenvalue weighted by Crippen LogP contribution is 2.11. The molecule has 22 heavy (non-hydrogen) atoms. The van der Waals surface area contributed by atoms with E-state index in [9.17, 15) is 4.79 Å². The van der Waals surface area contributed by atoms with Crippen LogP contribution in [-0.4, -0.2) is 37.8 Å². The third kappa shape index (κ3) is 17.3. The van der Waals surface area contributed by atoms with Crippen molar-refractivity contribution in [3.05, 3.63) is 0 Å². The maximum Gasteiger partial charge on any atom is 0.318 e. The second kappa shape index (κ2) is 18.3. The molecular formula is C16H31NO4S. The summed E-state index contributed by atoms with van der Waals surface area (Å²) in [4.78, 5) is 10.9. The Labute approximate surface area is 140 Å². The first-order valence-electron chi connectivity index (χ1n) is 7.89. The predicted molar refractivity (Wildman–Crippen MR) is 90.8 cm³/mol. The van der Waals surface area contributed by atoms with E-state index in [1.54, 1.807) is 0 Å². The van der Waals surface area contributed by atoms with Crippen LogP contribution in [0.1, 0.15) is 59.3 Å². The van der Waals surface area contributed by atoms with E-state index in [2.05, 4.69) is 23.4 Å². The van der Waals surface area contributed by atoms with Crippen LogP contribution in [0.3, 0.4) is 0 Å². The molecule has 0 saturated heterocycles. The van der Waals surface area contributed by atoms with Gasteiger partial charge >= 0.3 is 5.97 Å². The normalized spacial score (nSPS) is 11.3. The first-order chi connectivity index (χ1) is 10.5. The molecule has 0 amide bonds. The Hall–Kier alpha value is -0.770. The van der Waals surface area contributed by atoms with Gasteiger partial charge in [-0.2, -0.15) is 17.9 Å². The molecule has 0 aliphatic carbocycles. The number of thiol groups is 1. The quantitative estimate of drug-likeness (QED) is 0.270. The van der Waals surface area contributed by atoms with Crippen LogP contribution in [0.15, 0.2) is 0 Å². The number of rotatable bonds is 11. The number of hydrogen-bond acceptors (Lipinski definition) is 6. The molecule has 0 aromatic carbocycles. The van der Waals surface area contributed by atoms with E-state index in [1.165, 1.54) is 7.11 Å². The highest BCUT2D eigenvalue weighted by atomic mass is 32.1. The van der Waals surface area contributed by atoms with Gasteiger partial charge in [0.25, 0.3) is 0 Å². The van der Waals surface area contributed by atoms with Gasteiger partial charge in [0.2, 0.25) is 0 Å². The summed E-state index contributed by atoms with van der Waals surface area (Å²) in [6.45, 7) is 7.25. The summed E-state index contributed by atoms with van der Waals surface area (Å²) in [5, 5.41) is 8.00. The second-order valence-electron chi connectivity index (χ2n) is 4.63. The van der Waals surface area contributed by atoms with Gasteiger partial charge in [0.15, 0.2) is 6.29 Å². The molecule has 0 fully saturated rings. The standard InChI is InChI=1S/C10H17NO2S.C6H14O2/c1-13-10(12)9(14)7-5-3-2-4-6-8-11;1-4-7-6(3)8-5-2/h9,14H,2-7H2,1H3;6H,4-5H2,1-3H3. The Kier molecular flexibility index (Phi) is 19.5. The van der Waals surface area contributed by atoms with Crippen molar-refractivity contribution in [2.24, 2.45) is 0 Å². The minimum absolute atomic E-state index is 0.0370. The van der Waals surface area contributed by atoms with E-state index >= 15 is 0 Å². The highest BCUT2D eigenvalue weighted by Gasteiger charge is 2.12. The summed E-state index contributed by atoms with van der Waals surface area (Å²) >= 11 is 4.12. The third-order valence-electron chi connectivity index (χ3n) is 2.79. The topological polar surface area (TPSA) is 68.6 Å². The SMILES string of the molecule is CCOC(C)OCC.COC(=O)C(S)CCCCCCC#N. The van der Waals surface area contributed by atoms with Crippen LogP contribution in [0.2, 0.25) is 0 Å². The highest BCUT2D eigenvalue weighted by molar-refractivity contribution is 7.81. The molecule has 0 radical (unpaired) electrons. The van der Waals surface area contributed by atoms with Crippen LogP contribution in [0.4, 0.5) is 0 Å². The number of esters is 1. The van der Waals surface area contributed by atoms with Crippen LogP contribution in [0, 0.1) is 11.3 Å². The lowest BCUT2D eigenvalue weighted by molar-refractivity contribution is -0.140. The average Bonchev–Trinajstić information content (AvgIpc) is 2.51. The molecule has 0 saturated carbocycles.